The summed E-state index contributed by atoms with van der Waals surface area (Å²) in [7, 11) is 0. The van der Waals surface area contributed by atoms with Gasteiger partial charge in [-0.2, -0.15) is 0 Å². The Kier molecular flexibility index (Phi) is 5.88. The van der Waals surface area contributed by atoms with Gasteiger partial charge in [0.15, 0.2) is 11.5 Å². The van der Waals surface area contributed by atoms with Crippen LogP contribution in [0.15, 0.2) is 18.2 Å². The molecule has 1 aliphatic heterocycles. The van der Waals surface area contributed by atoms with Crippen molar-refractivity contribution >= 4 is 5.97 Å². The third-order valence-electron chi connectivity index (χ3n) is 4.90. The lowest BCUT2D eigenvalue weighted by Gasteiger charge is -2.29. The Morgan fingerprint density at radius 3 is 2.65 bits per heavy atom. The first kappa shape index (κ1) is 17.6. The van der Waals surface area contributed by atoms with Crippen LogP contribution < -0.4 is 14.8 Å². The molecule has 0 amide bonds. The minimum absolute atomic E-state index is 0.261. The third-order valence-corrected chi connectivity index (χ3v) is 4.90. The van der Waals surface area contributed by atoms with Crippen molar-refractivity contribution in [2.45, 2.75) is 52.5 Å². The topological polar surface area (TPSA) is 67.8 Å². The Hall–Kier alpha value is -1.75. The van der Waals surface area contributed by atoms with Gasteiger partial charge in [0, 0.05) is 12.6 Å². The highest BCUT2D eigenvalue weighted by Gasteiger charge is 2.34. The standard InChI is InChI=1S/C18H27NO4/c1-4-18(5-2,17(20)21)11-19-13(3)6-7-14-8-9-15-16(10-14)23-12-22-15/h8-10,13,19H,4-7,11-12H2,1-3H3,(H,20,21). The van der Waals surface area contributed by atoms with Gasteiger partial charge in [0.05, 0.1) is 5.41 Å². The van der Waals surface area contributed by atoms with Crippen LogP contribution in [0.1, 0.15) is 45.6 Å². The quantitative estimate of drug-likeness (QED) is 0.731. The molecule has 1 atom stereocenters. The number of hydrogen-bond acceptors (Lipinski definition) is 4. The summed E-state index contributed by atoms with van der Waals surface area (Å²) in [4.78, 5) is 11.5. The second kappa shape index (κ2) is 7.68. The van der Waals surface area contributed by atoms with E-state index in [4.69, 9.17) is 9.47 Å². The van der Waals surface area contributed by atoms with Gasteiger partial charge in [0.1, 0.15) is 0 Å². The fourth-order valence-electron chi connectivity index (χ4n) is 2.83. The molecule has 0 aromatic heterocycles. The van der Waals surface area contributed by atoms with Gasteiger partial charge in [-0.05, 0) is 50.3 Å². The molecule has 1 unspecified atom stereocenters. The summed E-state index contributed by atoms with van der Waals surface area (Å²) in [5, 5.41) is 12.9. The number of aliphatic carboxylic acids is 1. The summed E-state index contributed by atoms with van der Waals surface area (Å²) in [6.45, 7) is 6.79. The SMILES string of the molecule is CCC(CC)(CNC(C)CCc1ccc2c(c1)OCO2)C(=O)O. The van der Waals surface area contributed by atoms with Crippen LogP contribution in [0.4, 0.5) is 0 Å². The number of benzene rings is 1. The summed E-state index contributed by atoms with van der Waals surface area (Å²) in [5.74, 6) is 0.903. The average molecular weight is 321 g/mol. The van der Waals surface area contributed by atoms with Gasteiger partial charge >= 0.3 is 5.97 Å². The van der Waals surface area contributed by atoms with Crippen LogP contribution in [-0.4, -0.2) is 30.5 Å². The molecule has 1 heterocycles. The smallest absolute Gasteiger partial charge is 0.310 e. The molecule has 5 nitrogen and oxygen atoms in total. The third kappa shape index (κ3) is 4.16. The largest absolute Gasteiger partial charge is 0.481 e. The molecule has 0 radical (unpaired) electrons. The van der Waals surface area contributed by atoms with Gasteiger partial charge in [-0.1, -0.05) is 19.9 Å². The fourth-order valence-corrected chi connectivity index (χ4v) is 2.83. The Morgan fingerprint density at radius 1 is 1.30 bits per heavy atom. The summed E-state index contributed by atoms with van der Waals surface area (Å²) in [5.41, 5.74) is 0.547. The molecule has 5 heteroatoms. The normalized spacial score (nSPS) is 14.7. The van der Waals surface area contributed by atoms with Gasteiger partial charge in [-0.25, -0.2) is 0 Å². The maximum atomic E-state index is 11.5. The molecule has 2 rings (SSSR count). The van der Waals surface area contributed by atoms with Gasteiger partial charge < -0.3 is 19.9 Å². The molecule has 1 aromatic rings. The van der Waals surface area contributed by atoms with Crippen LogP contribution in [0, 0.1) is 5.41 Å². The zero-order valence-electron chi connectivity index (χ0n) is 14.2. The van der Waals surface area contributed by atoms with Gasteiger partial charge in [-0.3, -0.25) is 4.79 Å². The maximum absolute atomic E-state index is 11.5. The molecule has 2 N–H and O–H groups in total. The molecule has 0 fully saturated rings. The summed E-state index contributed by atoms with van der Waals surface area (Å²) in [6, 6.07) is 6.28. The van der Waals surface area contributed by atoms with Crippen molar-refractivity contribution in [3.63, 3.8) is 0 Å². The summed E-state index contributed by atoms with van der Waals surface area (Å²) < 4.78 is 10.7. The lowest BCUT2D eigenvalue weighted by molar-refractivity contribution is -0.149. The van der Waals surface area contributed by atoms with Crippen molar-refractivity contribution in [3.8, 4) is 11.5 Å². The number of fused-ring (bicyclic) bond motifs is 1. The minimum Gasteiger partial charge on any atom is -0.481 e. The van der Waals surface area contributed by atoms with Crippen LogP contribution in [0.25, 0.3) is 0 Å². The average Bonchev–Trinajstić information content (AvgIpc) is 3.01. The predicted molar refractivity (Wildman–Crippen MR) is 89.0 cm³/mol. The Morgan fingerprint density at radius 2 is 2.00 bits per heavy atom. The zero-order valence-corrected chi connectivity index (χ0v) is 14.2. The van der Waals surface area contributed by atoms with Crippen LogP contribution >= 0.6 is 0 Å². The van der Waals surface area contributed by atoms with Crippen LogP contribution in [0.3, 0.4) is 0 Å². The first-order valence-electron chi connectivity index (χ1n) is 8.36. The van der Waals surface area contributed by atoms with E-state index in [0.717, 1.165) is 24.3 Å². The highest BCUT2D eigenvalue weighted by Crippen LogP contribution is 2.33. The van der Waals surface area contributed by atoms with Crippen molar-refractivity contribution in [1.82, 2.24) is 5.32 Å². The highest BCUT2D eigenvalue weighted by atomic mass is 16.7. The Bertz CT molecular complexity index is 540. The molecule has 0 saturated carbocycles. The van der Waals surface area contributed by atoms with Crippen molar-refractivity contribution < 1.29 is 19.4 Å². The second-order valence-corrected chi connectivity index (χ2v) is 6.30. The first-order valence-corrected chi connectivity index (χ1v) is 8.36. The molecule has 1 aliphatic rings. The molecule has 0 aliphatic carbocycles. The maximum Gasteiger partial charge on any atom is 0.310 e. The first-order chi connectivity index (χ1) is 11.0. The number of aryl methyl sites for hydroxylation is 1. The van der Waals surface area contributed by atoms with E-state index in [1.807, 2.05) is 26.0 Å². The molecule has 128 valence electrons. The zero-order chi connectivity index (χ0) is 16.9. The van der Waals surface area contributed by atoms with Gasteiger partial charge in [-0.15, -0.1) is 0 Å². The monoisotopic (exact) mass is 321 g/mol. The minimum atomic E-state index is -0.710. The number of nitrogens with one attached hydrogen (secondary N) is 1. The molecule has 0 spiro atoms. The van der Waals surface area contributed by atoms with Crippen molar-refractivity contribution in [3.05, 3.63) is 23.8 Å². The fraction of sp³-hybridized carbons (Fsp3) is 0.611. The summed E-state index contributed by atoms with van der Waals surface area (Å²) in [6.07, 6.45) is 3.15. The van der Waals surface area contributed by atoms with E-state index in [-0.39, 0.29) is 6.04 Å². The molecular weight excluding hydrogens is 294 g/mol. The molecule has 0 bridgehead atoms. The lowest BCUT2D eigenvalue weighted by Crippen LogP contribution is -2.43. The van der Waals surface area contributed by atoms with Crippen molar-refractivity contribution in [2.75, 3.05) is 13.3 Å². The van der Waals surface area contributed by atoms with Gasteiger partial charge in [0.2, 0.25) is 6.79 Å². The van der Waals surface area contributed by atoms with Crippen LogP contribution in [-0.2, 0) is 11.2 Å². The van der Waals surface area contributed by atoms with E-state index >= 15 is 0 Å². The number of hydrogen-bond donors (Lipinski definition) is 2. The Labute approximate surface area is 138 Å². The number of rotatable bonds is 9. The van der Waals surface area contributed by atoms with E-state index in [1.165, 1.54) is 5.56 Å². The van der Waals surface area contributed by atoms with E-state index in [9.17, 15) is 9.90 Å². The lowest BCUT2D eigenvalue weighted by atomic mass is 9.82. The van der Waals surface area contributed by atoms with Crippen molar-refractivity contribution in [2.24, 2.45) is 5.41 Å². The van der Waals surface area contributed by atoms with E-state index in [0.29, 0.717) is 26.2 Å². The highest BCUT2D eigenvalue weighted by molar-refractivity contribution is 5.74. The van der Waals surface area contributed by atoms with E-state index < -0.39 is 11.4 Å². The van der Waals surface area contributed by atoms with E-state index in [2.05, 4.69) is 18.3 Å². The molecule has 1 aromatic carbocycles. The Balaban J connectivity index is 1.83. The summed E-state index contributed by atoms with van der Waals surface area (Å²) >= 11 is 0. The molecule has 23 heavy (non-hydrogen) atoms. The molecular formula is C18H27NO4. The molecule has 0 saturated heterocycles. The second-order valence-electron chi connectivity index (χ2n) is 6.30. The number of carboxylic acids is 1. The van der Waals surface area contributed by atoms with Crippen molar-refractivity contribution in [1.29, 1.82) is 0 Å². The number of ether oxygens (including phenoxy) is 2. The number of carboxylic acid groups (broad SMARTS) is 1. The van der Waals surface area contributed by atoms with Crippen LogP contribution in [0.2, 0.25) is 0 Å². The van der Waals surface area contributed by atoms with Crippen LogP contribution in [0.5, 0.6) is 11.5 Å². The van der Waals surface area contributed by atoms with Gasteiger partial charge in [0.25, 0.3) is 0 Å². The number of carbonyl (C=O) groups is 1. The van der Waals surface area contributed by atoms with E-state index in [1.54, 1.807) is 0 Å². The predicted octanol–water partition coefficient (Wildman–Crippen LogP) is 3.22.